The van der Waals surface area contributed by atoms with Crippen molar-refractivity contribution in [2.24, 2.45) is 12.8 Å². The van der Waals surface area contributed by atoms with E-state index in [0.29, 0.717) is 6.54 Å². The molecule has 1 aromatic carbocycles. The van der Waals surface area contributed by atoms with Gasteiger partial charge in [-0.3, -0.25) is 4.68 Å². The molecular weight excluding hydrogens is 240 g/mol. The Labute approximate surface area is 113 Å². The molecule has 0 bridgehead atoms. The van der Waals surface area contributed by atoms with E-state index in [2.05, 4.69) is 22.2 Å². The summed E-state index contributed by atoms with van der Waals surface area (Å²) in [6.45, 7) is 0.585. The van der Waals surface area contributed by atoms with Crippen molar-refractivity contribution in [3.8, 4) is 5.75 Å². The van der Waals surface area contributed by atoms with Crippen LogP contribution in [0, 0.1) is 0 Å². The van der Waals surface area contributed by atoms with Gasteiger partial charge in [-0.25, -0.2) is 4.98 Å². The molecule has 0 radical (unpaired) electrons. The van der Waals surface area contributed by atoms with Crippen molar-refractivity contribution in [3.05, 3.63) is 41.5 Å². The van der Waals surface area contributed by atoms with Crippen LogP contribution in [-0.2, 0) is 26.3 Å². The van der Waals surface area contributed by atoms with Crippen LogP contribution in [0.5, 0.6) is 5.75 Å². The lowest BCUT2D eigenvalue weighted by Crippen LogP contribution is -2.04. The van der Waals surface area contributed by atoms with Crippen molar-refractivity contribution < 1.29 is 4.74 Å². The topological polar surface area (TPSA) is 66.0 Å². The van der Waals surface area contributed by atoms with Gasteiger partial charge in [0.2, 0.25) is 0 Å². The van der Waals surface area contributed by atoms with Crippen LogP contribution in [0.15, 0.2) is 24.3 Å². The minimum Gasteiger partial charge on any atom is -0.497 e. The van der Waals surface area contributed by atoms with E-state index in [-0.39, 0.29) is 0 Å². The van der Waals surface area contributed by atoms with E-state index in [9.17, 15) is 0 Å². The molecule has 0 aliphatic heterocycles. The first-order valence-corrected chi connectivity index (χ1v) is 6.44. The Hall–Kier alpha value is -1.88. The average molecular weight is 260 g/mol. The molecule has 0 atom stereocenters. The molecular formula is C14H20N4O. The molecule has 0 aliphatic carbocycles. The molecule has 0 saturated heterocycles. The minimum atomic E-state index is 0.585. The van der Waals surface area contributed by atoms with Gasteiger partial charge in [-0.2, -0.15) is 5.10 Å². The molecule has 102 valence electrons. The van der Waals surface area contributed by atoms with Crippen molar-refractivity contribution in [2.45, 2.75) is 19.3 Å². The van der Waals surface area contributed by atoms with Gasteiger partial charge in [0, 0.05) is 19.9 Å². The number of hydrogen-bond acceptors (Lipinski definition) is 4. The van der Waals surface area contributed by atoms with Gasteiger partial charge in [0.1, 0.15) is 11.6 Å². The maximum absolute atomic E-state index is 5.51. The highest BCUT2D eigenvalue weighted by atomic mass is 16.5. The Bertz CT molecular complexity index is 519. The molecule has 5 heteroatoms. The first-order chi connectivity index (χ1) is 9.22. The minimum absolute atomic E-state index is 0.585. The second-order valence-electron chi connectivity index (χ2n) is 4.45. The molecule has 0 unspecified atom stereocenters. The number of nitrogens with two attached hydrogens (primary N) is 1. The average Bonchev–Trinajstić information content (AvgIpc) is 2.78. The molecule has 0 saturated carbocycles. The first kappa shape index (κ1) is 13.5. The van der Waals surface area contributed by atoms with Gasteiger partial charge in [-0.1, -0.05) is 12.1 Å². The maximum Gasteiger partial charge on any atom is 0.152 e. The van der Waals surface area contributed by atoms with E-state index in [1.165, 1.54) is 5.56 Å². The Morgan fingerprint density at radius 3 is 2.53 bits per heavy atom. The molecule has 19 heavy (non-hydrogen) atoms. The van der Waals surface area contributed by atoms with Crippen LogP contribution < -0.4 is 10.5 Å². The van der Waals surface area contributed by atoms with Crippen molar-refractivity contribution in [1.29, 1.82) is 0 Å². The van der Waals surface area contributed by atoms with Crippen LogP contribution in [0.2, 0.25) is 0 Å². The number of aromatic nitrogens is 3. The molecule has 0 spiro atoms. The van der Waals surface area contributed by atoms with Gasteiger partial charge in [0.25, 0.3) is 0 Å². The summed E-state index contributed by atoms with van der Waals surface area (Å²) in [7, 11) is 3.60. The van der Waals surface area contributed by atoms with E-state index in [1.807, 2.05) is 23.9 Å². The summed E-state index contributed by atoms with van der Waals surface area (Å²) in [4.78, 5) is 4.50. The highest BCUT2D eigenvalue weighted by Crippen LogP contribution is 2.13. The molecule has 0 amide bonds. The summed E-state index contributed by atoms with van der Waals surface area (Å²) in [6.07, 6.45) is 2.55. The third-order valence-corrected chi connectivity index (χ3v) is 3.06. The second kappa shape index (κ2) is 6.33. The maximum atomic E-state index is 5.51. The molecule has 1 aromatic heterocycles. The predicted molar refractivity (Wildman–Crippen MR) is 74.2 cm³/mol. The lowest BCUT2D eigenvalue weighted by atomic mass is 10.1. The van der Waals surface area contributed by atoms with E-state index in [0.717, 1.165) is 36.7 Å². The lowest BCUT2D eigenvalue weighted by molar-refractivity contribution is 0.414. The van der Waals surface area contributed by atoms with Crippen LogP contribution in [-0.4, -0.2) is 28.4 Å². The van der Waals surface area contributed by atoms with Crippen molar-refractivity contribution in [2.75, 3.05) is 13.7 Å². The Morgan fingerprint density at radius 2 is 1.89 bits per heavy atom. The SMILES string of the molecule is COc1ccc(CCc2nc(CCN)nn2C)cc1. The fraction of sp³-hybridized carbons (Fsp3) is 0.429. The van der Waals surface area contributed by atoms with Crippen LogP contribution in [0.3, 0.4) is 0 Å². The predicted octanol–water partition coefficient (Wildman–Crippen LogP) is 1.11. The third-order valence-electron chi connectivity index (χ3n) is 3.06. The summed E-state index contributed by atoms with van der Waals surface area (Å²) >= 11 is 0. The smallest absolute Gasteiger partial charge is 0.152 e. The van der Waals surface area contributed by atoms with Crippen LogP contribution in [0.4, 0.5) is 0 Å². The largest absolute Gasteiger partial charge is 0.497 e. The number of nitrogens with zero attached hydrogens (tertiary/aromatic N) is 3. The van der Waals surface area contributed by atoms with Crippen molar-refractivity contribution in [3.63, 3.8) is 0 Å². The zero-order chi connectivity index (χ0) is 13.7. The molecule has 0 fully saturated rings. The lowest BCUT2D eigenvalue weighted by Gasteiger charge is -2.03. The monoisotopic (exact) mass is 260 g/mol. The van der Waals surface area contributed by atoms with Gasteiger partial charge >= 0.3 is 0 Å². The Balaban J connectivity index is 1.97. The summed E-state index contributed by atoms with van der Waals surface area (Å²) in [5.41, 5.74) is 6.78. The zero-order valence-electron chi connectivity index (χ0n) is 11.5. The number of aryl methyl sites for hydroxylation is 3. The number of hydrogen-bond donors (Lipinski definition) is 1. The highest BCUT2D eigenvalue weighted by molar-refractivity contribution is 5.27. The molecule has 2 rings (SSSR count). The molecule has 5 nitrogen and oxygen atoms in total. The van der Waals surface area contributed by atoms with Gasteiger partial charge in [0.15, 0.2) is 5.82 Å². The summed E-state index contributed by atoms with van der Waals surface area (Å²) in [5.74, 6) is 2.71. The van der Waals surface area contributed by atoms with Crippen molar-refractivity contribution in [1.82, 2.24) is 14.8 Å². The van der Waals surface area contributed by atoms with Crippen LogP contribution in [0.1, 0.15) is 17.2 Å². The van der Waals surface area contributed by atoms with Gasteiger partial charge in [-0.15, -0.1) is 0 Å². The number of benzene rings is 1. The van der Waals surface area contributed by atoms with Gasteiger partial charge in [0.05, 0.1) is 7.11 Å². The van der Waals surface area contributed by atoms with Crippen LogP contribution in [0.25, 0.3) is 0 Å². The summed E-state index contributed by atoms with van der Waals surface area (Å²) < 4.78 is 6.98. The normalized spacial score (nSPS) is 10.7. The standard InChI is InChI=1S/C14H20N4O/c1-18-14(16-13(17-18)9-10-15)8-5-11-3-6-12(19-2)7-4-11/h3-4,6-7H,5,8-10,15H2,1-2H3. The Kier molecular flexibility index (Phi) is 4.52. The summed E-state index contributed by atoms with van der Waals surface area (Å²) in [6, 6.07) is 8.11. The van der Waals surface area contributed by atoms with E-state index in [1.54, 1.807) is 7.11 Å². The highest BCUT2D eigenvalue weighted by Gasteiger charge is 2.06. The molecule has 0 aliphatic rings. The first-order valence-electron chi connectivity index (χ1n) is 6.44. The quantitative estimate of drug-likeness (QED) is 0.845. The summed E-state index contributed by atoms with van der Waals surface area (Å²) in [5, 5.41) is 4.35. The molecule has 2 N–H and O–H groups in total. The molecule has 2 aromatic rings. The Morgan fingerprint density at radius 1 is 1.16 bits per heavy atom. The zero-order valence-corrected chi connectivity index (χ0v) is 11.5. The molecule has 1 heterocycles. The number of rotatable bonds is 6. The number of methoxy groups -OCH3 is 1. The number of ether oxygens (including phenoxy) is 1. The van der Waals surface area contributed by atoms with Gasteiger partial charge in [-0.05, 0) is 30.7 Å². The fourth-order valence-electron chi connectivity index (χ4n) is 1.98. The second-order valence-corrected chi connectivity index (χ2v) is 4.45. The third kappa shape index (κ3) is 3.54. The van der Waals surface area contributed by atoms with Gasteiger partial charge < -0.3 is 10.5 Å². The van der Waals surface area contributed by atoms with Crippen LogP contribution >= 0.6 is 0 Å². The fourth-order valence-corrected chi connectivity index (χ4v) is 1.98. The van der Waals surface area contributed by atoms with Crippen molar-refractivity contribution >= 4 is 0 Å². The van der Waals surface area contributed by atoms with E-state index >= 15 is 0 Å². The van der Waals surface area contributed by atoms with E-state index in [4.69, 9.17) is 10.5 Å². The van der Waals surface area contributed by atoms with E-state index < -0.39 is 0 Å².